The normalized spacial score (nSPS) is 18.9. The van der Waals surface area contributed by atoms with Crippen molar-refractivity contribution in [3.8, 4) is 0 Å². The van der Waals surface area contributed by atoms with Crippen molar-refractivity contribution in [3.05, 3.63) is 16.1 Å². The summed E-state index contributed by atoms with van der Waals surface area (Å²) in [5.41, 5.74) is 1.72. The number of thiazole rings is 1. The number of aromatic nitrogens is 1. The predicted octanol–water partition coefficient (Wildman–Crippen LogP) is 1.99. The number of hydrogen-bond acceptors (Lipinski definition) is 3. The Labute approximate surface area is 83.4 Å². The third-order valence-electron chi connectivity index (χ3n) is 2.70. The van der Waals surface area contributed by atoms with Gasteiger partial charge >= 0.3 is 0 Å². The van der Waals surface area contributed by atoms with Crippen LogP contribution in [-0.2, 0) is 6.42 Å². The molecule has 1 aromatic rings. The first-order valence-corrected chi connectivity index (χ1v) is 5.68. The van der Waals surface area contributed by atoms with Gasteiger partial charge in [0, 0.05) is 24.0 Å². The highest BCUT2D eigenvalue weighted by atomic mass is 32.1. The summed E-state index contributed by atoms with van der Waals surface area (Å²) in [6.07, 6.45) is 3.91. The van der Waals surface area contributed by atoms with Crippen molar-refractivity contribution in [1.82, 2.24) is 10.3 Å². The highest BCUT2D eigenvalue weighted by molar-refractivity contribution is 7.09. The molecule has 0 bridgehead atoms. The summed E-state index contributed by atoms with van der Waals surface area (Å²) in [5, 5.41) is 6.73. The molecule has 1 heterocycles. The summed E-state index contributed by atoms with van der Waals surface area (Å²) < 4.78 is 0. The lowest BCUT2D eigenvalue weighted by atomic mass is 10.0. The second-order valence-electron chi connectivity index (χ2n) is 4.09. The van der Waals surface area contributed by atoms with Crippen LogP contribution in [-0.4, -0.2) is 18.6 Å². The van der Waals surface area contributed by atoms with E-state index >= 15 is 0 Å². The molecule has 2 rings (SSSR count). The number of hydrogen-bond donors (Lipinski definition) is 1. The molecule has 3 heteroatoms. The SMILES string of the molecule is CNCC1(Cc2nc(C)cs2)CC1. The maximum absolute atomic E-state index is 4.51. The fourth-order valence-electron chi connectivity index (χ4n) is 1.77. The van der Waals surface area contributed by atoms with Crippen LogP contribution in [0.25, 0.3) is 0 Å². The van der Waals surface area contributed by atoms with E-state index in [0.717, 1.165) is 6.54 Å². The van der Waals surface area contributed by atoms with E-state index in [0.29, 0.717) is 5.41 Å². The molecule has 0 spiro atoms. The smallest absolute Gasteiger partial charge is 0.0934 e. The molecule has 0 aliphatic heterocycles. The minimum Gasteiger partial charge on any atom is -0.319 e. The lowest BCUT2D eigenvalue weighted by Gasteiger charge is -2.11. The van der Waals surface area contributed by atoms with Crippen molar-refractivity contribution < 1.29 is 0 Å². The average Bonchev–Trinajstić information content (AvgIpc) is 2.70. The van der Waals surface area contributed by atoms with E-state index in [2.05, 4.69) is 22.6 Å². The molecule has 0 atom stereocenters. The van der Waals surface area contributed by atoms with Crippen LogP contribution in [0, 0.1) is 12.3 Å². The molecular formula is C10H16N2S. The summed E-state index contributed by atoms with van der Waals surface area (Å²) in [6.45, 7) is 3.21. The maximum atomic E-state index is 4.51. The van der Waals surface area contributed by atoms with E-state index in [4.69, 9.17) is 0 Å². The second kappa shape index (κ2) is 3.39. The Morgan fingerprint density at radius 1 is 1.62 bits per heavy atom. The Morgan fingerprint density at radius 2 is 2.38 bits per heavy atom. The summed E-state index contributed by atoms with van der Waals surface area (Å²) >= 11 is 1.80. The molecule has 0 aromatic carbocycles. The molecule has 1 saturated carbocycles. The molecular weight excluding hydrogens is 180 g/mol. The molecule has 0 saturated heterocycles. The van der Waals surface area contributed by atoms with Crippen LogP contribution in [0.5, 0.6) is 0 Å². The fourth-order valence-corrected chi connectivity index (χ4v) is 2.72. The van der Waals surface area contributed by atoms with E-state index in [9.17, 15) is 0 Å². The van der Waals surface area contributed by atoms with Crippen LogP contribution in [0.4, 0.5) is 0 Å². The lowest BCUT2D eigenvalue weighted by molar-refractivity contribution is 0.477. The first-order chi connectivity index (χ1) is 6.24. The lowest BCUT2D eigenvalue weighted by Crippen LogP contribution is -2.21. The zero-order valence-electron chi connectivity index (χ0n) is 8.26. The Bertz CT molecular complexity index is 289. The van der Waals surface area contributed by atoms with Crippen molar-refractivity contribution in [3.63, 3.8) is 0 Å². The van der Waals surface area contributed by atoms with Crippen LogP contribution in [0.15, 0.2) is 5.38 Å². The van der Waals surface area contributed by atoms with Crippen LogP contribution < -0.4 is 5.32 Å². The van der Waals surface area contributed by atoms with Gasteiger partial charge in [-0.3, -0.25) is 0 Å². The molecule has 72 valence electrons. The first-order valence-electron chi connectivity index (χ1n) is 4.80. The van der Waals surface area contributed by atoms with E-state index in [1.54, 1.807) is 11.3 Å². The summed E-state index contributed by atoms with van der Waals surface area (Å²) in [5.74, 6) is 0. The zero-order valence-corrected chi connectivity index (χ0v) is 9.08. The Kier molecular flexibility index (Phi) is 2.39. The van der Waals surface area contributed by atoms with Gasteiger partial charge in [-0.25, -0.2) is 4.98 Å². The van der Waals surface area contributed by atoms with Crippen molar-refractivity contribution in [1.29, 1.82) is 0 Å². The van der Waals surface area contributed by atoms with E-state index in [1.807, 2.05) is 7.05 Å². The van der Waals surface area contributed by atoms with Gasteiger partial charge in [-0.1, -0.05) is 0 Å². The van der Waals surface area contributed by atoms with Gasteiger partial charge in [0.2, 0.25) is 0 Å². The van der Waals surface area contributed by atoms with Gasteiger partial charge in [0.1, 0.15) is 0 Å². The molecule has 1 aliphatic carbocycles. The average molecular weight is 196 g/mol. The Morgan fingerprint density at radius 3 is 2.85 bits per heavy atom. The summed E-state index contributed by atoms with van der Waals surface area (Å²) in [4.78, 5) is 4.51. The van der Waals surface area contributed by atoms with Gasteiger partial charge in [-0.15, -0.1) is 11.3 Å². The van der Waals surface area contributed by atoms with E-state index in [1.165, 1.54) is 30.0 Å². The minimum atomic E-state index is 0.555. The standard InChI is InChI=1S/C10H16N2S/c1-8-6-13-9(12-8)5-10(3-4-10)7-11-2/h6,11H,3-5,7H2,1-2H3. The van der Waals surface area contributed by atoms with Gasteiger partial charge in [-0.2, -0.15) is 0 Å². The summed E-state index contributed by atoms with van der Waals surface area (Å²) in [7, 11) is 2.03. The van der Waals surface area contributed by atoms with Crippen LogP contribution in [0.3, 0.4) is 0 Å². The topological polar surface area (TPSA) is 24.9 Å². The van der Waals surface area contributed by atoms with Gasteiger partial charge in [-0.05, 0) is 32.2 Å². The molecule has 1 aliphatic rings. The third kappa shape index (κ3) is 2.09. The Balaban J connectivity index is 1.98. The molecule has 2 nitrogen and oxygen atoms in total. The minimum absolute atomic E-state index is 0.555. The highest BCUT2D eigenvalue weighted by Gasteiger charge is 2.42. The summed E-state index contributed by atoms with van der Waals surface area (Å²) in [6, 6.07) is 0. The van der Waals surface area contributed by atoms with Gasteiger partial charge < -0.3 is 5.32 Å². The van der Waals surface area contributed by atoms with Crippen molar-refractivity contribution in [2.75, 3.05) is 13.6 Å². The van der Waals surface area contributed by atoms with Gasteiger partial charge in [0.25, 0.3) is 0 Å². The molecule has 0 amide bonds. The number of nitrogens with one attached hydrogen (secondary N) is 1. The zero-order chi connectivity index (χ0) is 9.31. The van der Waals surface area contributed by atoms with Crippen molar-refractivity contribution in [2.45, 2.75) is 26.2 Å². The first kappa shape index (κ1) is 9.16. The van der Waals surface area contributed by atoms with Crippen LogP contribution in [0.2, 0.25) is 0 Å². The maximum Gasteiger partial charge on any atom is 0.0934 e. The predicted molar refractivity (Wildman–Crippen MR) is 56.1 cm³/mol. The van der Waals surface area contributed by atoms with Crippen LogP contribution in [0.1, 0.15) is 23.5 Å². The molecule has 0 radical (unpaired) electrons. The quantitative estimate of drug-likeness (QED) is 0.796. The van der Waals surface area contributed by atoms with Crippen molar-refractivity contribution in [2.24, 2.45) is 5.41 Å². The Hall–Kier alpha value is -0.410. The molecule has 1 aromatic heterocycles. The van der Waals surface area contributed by atoms with Gasteiger partial charge in [0.05, 0.1) is 5.01 Å². The highest BCUT2D eigenvalue weighted by Crippen LogP contribution is 2.47. The second-order valence-corrected chi connectivity index (χ2v) is 5.03. The molecule has 1 N–H and O–H groups in total. The van der Waals surface area contributed by atoms with E-state index in [-0.39, 0.29) is 0 Å². The third-order valence-corrected chi connectivity index (χ3v) is 3.67. The monoisotopic (exact) mass is 196 g/mol. The molecule has 1 fully saturated rings. The van der Waals surface area contributed by atoms with Gasteiger partial charge in [0.15, 0.2) is 0 Å². The fraction of sp³-hybridized carbons (Fsp3) is 0.700. The van der Waals surface area contributed by atoms with E-state index < -0.39 is 0 Å². The molecule has 13 heavy (non-hydrogen) atoms. The number of rotatable bonds is 4. The number of aryl methyl sites for hydroxylation is 1. The number of nitrogens with zero attached hydrogens (tertiary/aromatic N) is 1. The molecule has 0 unspecified atom stereocenters. The van der Waals surface area contributed by atoms with Crippen LogP contribution >= 0.6 is 11.3 Å². The largest absolute Gasteiger partial charge is 0.319 e. The van der Waals surface area contributed by atoms with Crippen molar-refractivity contribution >= 4 is 11.3 Å².